The quantitative estimate of drug-likeness (QED) is 0.801. The topological polar surface area (TPSA) is 46.2 Å². The number of halogens is 2. The second-order valence-corrected chi connectivity index (χ2v) is 8.30. The van der Waals surface area contributed by atoms with Crippen molar-refractivity contribution in [1.82, 2.24) is 0 Å². The molecule has 0 bridgehead atoms. The molecule has 0 saturated heterocycles. The van der Waals surface area contributed by atoms with E-state index in [0.29, 0.717) is 21.8 Å². The van der Waals surface area contributed by atoms with Crippen molar-refractivity contribution in [2.75, 3.05) is 11.6 Å². The Balaban J connectivity index is 2.30. The molecule has 0 aliphatic rings. The van der Waals surface area contributed by atoms with Gasteiger partial charge >= 0.3 is 0 Å². The van der Waals surface area contributed by atoms with Gasteiger partial charge in [-0.15, -0.1) is 0 Å². The number of benzene rings is 2. The molecular weight excluding hydrogens is 349 g/mol. The minimum atomic E-state index is -3.62. The molecular formula is C18H21ClFNO2S. The number of hydrogen-bond donors (Lipinski definition) is 1. The van der Waals surface area contributed by atoms with Gasteiger partial charge in [-0.2, -0.15) is 0 Å². The lowest BCUT2D eigenvalue weighted by molar-refractivity contribution is 0.569. The van der Waals surface area contributed by atoms with Crippen LogP contribution in [0.25, 0.3) is 0 Å². The van der Waals surface area contributed by atoms with Gasteiger partial charge in [0.15, 0.2) is 9.84 Å². The van der Waals surface area contributed by atoms with Crippen molar-refractivity contribution in [2.24, 2.45) is 5.92 Å². The highest BCUT2D eigenvalue weighted by Crippen LogP contribution is 2.24. The molecule has 0 saturated carbocycles. The van der Waals surface area contributed by atoms with Crippen LogP contribution in [0.1, 0.15) is 27.7 Å². The van der Waals surface area contributed by atoms with Gasteiger partial charge in [0.25, 0.3) is 0 Å². The molecule has 6 heteroatoms. The maximum absolute atomic E-state index is 14.0. The summed E-state index contributed by atoms with van der Waals surface area (Å²) in [6.07, 6.45) is -0.643. The van der Waals surface area contributed by atoms with Crippen molar-refractivity contribution in [2.45, 2.75) is 31.7 Å². The van der Waals surface area contributed by atoms with E-state index in [1.165, 1.54) is 12.1 Å². The fourth-order valence-corrected chi connectivity index (χ4v) is 3.15. The van der Waals surface area contributed by atoms with Crippen LogP contribution in [0.15, 0.2) is 41.3 Å². The highest BCUT2D eigenvalue weighted by atomic mass is 35.5. The molecule has 2 aromatic carbocycles. The van der Waals surface area contributed by atoms with Crippen LogP contribution < -0.4 is 5.32 Å². The van der Waals surface area contributed by atoms with Gasteiger partial charge in [0, 0.05) is 26.3 Å². The predicted octanol–water partition coefficient (Wildman–Crippen LogP) is 4.69. The number of rotatable bonds is 6. The third kappa shape index (κ3) is 4.95. The zero-order valence-electron chi connectivity index (χ0n) is 15.7. The highest BCUT2D eigenvalue weighted by Gasteiger charge is 2.14. The highest BCUT2D eigenvalue weighted by molar-refractivity contribution is 7.90. The largest absolute Gasteiger partial charge is 0.381 e. The molecule has 2 aromatic rings. The molecule has 1 N–H and O–H groups in total. The summed E-state index contributed by atoms with van der Waals surface area (Å²) in [5.41, 5.74) is 1.52. The molecule has 0 unspecified atom stereocenters. The smallest absolute Gasteiger partial charge is 0.178 e. The first kappa shape index (κ1) is 15.9. The summed E-state index contributed by atoms with van der Waals surface area (Å²) < 4.78 is 53.6. The Hall–Kier alpha value is -1.59. The molecule has 0 aliphatic carbocycles. The normalized spacial score (nSPS) is 13.6. The third-order valence-corrected chi connectivity index (χ3v) is 4.67. The van der Waals surface area contributed by atoms with Crippen LogP contribution in [0.2, 0.25) is 5.02 Å². The summed E-state index contributed by atoms with van der Waals surface area (Å²) in [4.78, 5) is -0.343. The molecule has 130 valence electrons. The Morgan fingerprint density at radius 2 is 1.96 bits per heavy atom. The van der Waals surface area contributed by atoms with E-state index in [1.807, 2.05) is 0 Å². The molecule has 0 fully saturated rings. The predicted molar refractivity (Wildman–Crippen MR) is 96.8 cm³/mol. The lowest BCUT2D eigenvalue weighted by Gasteiger charge is -2.14. The van der Waals surface area contributed by atoms with Crippen LogP contribution in [0.3, 0.4) is 0 Å². The number of sulfone groups is 1. The van der Waals surface area contributed by atoms with E-state index in [-0.39, 0.29) is 17.4 Å². The monoisotopic (exact) mass is 371 g/mol. The maximum atomic E-state index is 14.0. The van der Waals surface area contributed by atoms with Crippen LogP contribution in [-0.4, -0.2) is 14.7 Å². The minimum Gasteiger partial charge on any atom is -0.381 e. The summed E-state index contributed by atoms with van der Waals surface area (Å²) in [5.74, 6) is -1.08. The summed E-state index contributed by atoms with van der Waals surface area (Å²) in [5, 5.41) is 3.52. The summed E-state index contributed by atoms with van der Waals surface area (Å²) in [7, 11) is -3.62. The molecule has 0 aromatic heterocycles. The van der Waals surface area contributed by atoms with Crippen LogP contribution in [0, 0.1) is 11.7 Å². The van der Waals surface area contributed by atoms with Crippen molar-refractivity contribution < 1.29 is 15.5 Å². The Morgan fingerprint density at radius 3 is 2.54 bits per heavy atom. The van der Waals surface area contributed by atoms with Crippen molar-refractivity contribution in [3.05, 3.63) is 58.4 Å². The van der Waals surface area contributed by atoms with Gasteiger partial charge in [-0.05, 0) is 53.7 Å². The van der Waals surface area contributed by atoms with Crippen LogP contribution in [-0.2, 0) is 22.8 Å². The fourth-order valence-electron chi connectivity index (χ4n) is 2.25. The first-order chi connectivity index (χ1) is 11.9. The Labute approximate surface area is 150 Å². The van der Waals surface area contributed by atoms with Crippen LogP contribution >= 0.6 is 11.6 Å². The molecule has 0 amide bonds. The van der Waals surface area contributed by atoms with Gasteiger partial charge in [-0.3, -0.25) is 0 Å². The van der Waals surface area contributed by atoms with E-state index < -0.39 is 22.0 Å². The summed E-state index contributed by atoms with van der Waals surface area (Å²) >= 11 is 6.02. The van der Waals surface area contributed by atoms with Gasteiger partial charge in [-0.25, -0.2) is 12.8 Å². The SMILES string of the molecule is [2H]C([2H])(c1cc(Cl)ccc1NCc1ccc(S(C)(=O)=O)c(F)c1)C(C)C. The lowest BCUT2D eigenvalue weighted by atomic mass is 10.0. The molecule has 0 spiro atoms. The van der Waals surface area contributed by atoms with Crippen molar-refractivity contribution in [3.63, 3.8) is 0 Å². The molecule has 0 atom stereocenters. The molecule has 0 heterocycles. The lowest BCUT2D eigenvalue weighted by Crippen LogP contribution is -2.06. The second-order valence-electron chi connectivity index (χ2n) is 5.88. The van der Waals surface area contributed by atoms with E-state index in [4.69, 9.17) is 14.3 Å². The van der Waals surface area contributed by atoms with E-state index >= 15 is 0 Å². The van der Waals surface area contributed by atoms with Gasteiger partial charge in [0.05, 0.1) is 0 Å². The van der Waals surface area contributed by atoms with Crippen molar-refractivity contribution in [3.8, 4) is 0 Å². The number of nitrogens with one attached hydrogen (secondary N) is 1. The molecule has 0 aliphatic heterocycles. The van der Waals surface area contributed by atoms with E-state index in [0.717, 1.165) is 12.3 Å². The minimum absolute atomic E-state index is 0.212. The van der Waals surface area contributed by atoms with E-state index in [1.54, 1.807) is 32.0 Å². The Kier molecular flexibility index (Phi) is 4.99. The molecule has 3 nitrogen and oxygen atoms in total. The van der Waals surface area contributed by atoms with Crippen molar-refractivity contribution >= 4 is 27.1 Å². The molecule has 24 heavy (non-hydrogen) atoms. The van der Waals surface area contributed by atoms with E-state index in [9.17, 15) is 12.8 Å². The van der Waals surface area contributed by atoms with Gasteiger partial charge < -0.3 is 5.32 Å². The second kappa shape index (κ2) is 7.53. The molecule has 0 radical (unpaired) electrons. The maximum Gasteiger partial charge on any atom is 0.178 e. The summed E-state index contributed by atoms with van der Waals surface area (Å²) in [6, 6.07) is 8.83. The zero-order valence-corrected chi connectivity index (χ0v) is 15.3. The standard InChI is InChI=1S/C18H21ClFNO2S/c1-12(2)8-14-10-15(19)5-6-17(14)21-11-13-4-7-18(16(20)9-13)24(3,22)23/h4-7,9-10,12,21H,8,11H2,1-3H3/i8D2. The number of hydrogen-bond acceptors (Lipinski definition) is 3. The van der Waals surface area contributed by atoms with Crippen LogP contribution in [0.4, 0.5) is 10.1 Å². The molecule has 2 rings (SSSR count). The van der Waals surface area contributed by atoms with E-state index in [2.05, 4.69) is 5.32 Å². The third-order valence-electron chi connectivity index (χ3n) is 3.30. The van der Waals surface area contributed by atoms with Gasteiger partial charge in [0.2, 0.25) is 0 Å². The fraction of sp³-hybridized carbons (Fsp3) is 0.333. The van der Waals surface area contributed by atoms with Gasteiger partial charge in [-0.1, -0.05) is 31.5 Å². The van der Waals surface area contributed by atoms with Crippen LogP contribution in [0.5, 0.6) is 0 Å². The zero-order chi connectivity index (χ0) is 19.7. The average molecular weight is 372 g/mol. The number of anilines is 1. The van der Waals surface area contributed by atoms with Gasteiger partial charge in [0.1, 0.15) is 10.7 Å². The Morgan fingerprint density at radius 1 is 1.25 bits per heavy atom. The average Bonchev–Trinajstić information content (AvgIpc) is 2.52. The first-order valence-electron chi connectivity index (χ1n) is 8.45. The Bertz CT molecular complexity index is 917. The summed E-state index contributed by atoms with van der Waals surface area (Å²) in [6.45, 7) is 3.78. The van der Waals surface area contributed by atoms with Crippen molar-refractivity contribution in [1.29, 1.82) is 0 Å². The first-order valence-corrected chi connectivity index (χ1v) is 9.72.